The summed E-state index contributed by atoms with van der Waals surface area (Å²) in [7, 11) is 0. The van der Waals surface area contributed by atoms with Gasteiger partial charge in [-0.25, -0.2) is 0 Å². The molecule has 4 nitrogen and oxygen atoms in total. The van der Waals surface area contributed by atoms with E-state index in [0.29, 0.717) is 0 Å². The van der Waals surface area contributed by atoms with Gasteiger partial charge in [-0.05, 0) is 160 Å². The van der Waals surface area contributed by atoms with Crippen molar-refractivity contribution in [2.45, 2.75) is 53.0 Å². The Bertz CT molecular complexity index is 2580. The molecule has 2 unspecified atom stereocenters. The number of para-hydroxylation sites is 3. The van der Waals surface area contributed by atoms with Crippen molar-refractivity contribution < 1.29 is 0 Å². The molecule has 2 atom stereocenters. The maximum atomic E-state index is 3.73. The number of benzene rings is 6. The van der Waals surface area contributed by atoms with E-state index in [1.807, 2.05) is 18.2 Å². The number of aryl methyl sites for hydroxylation is 2. The Hall–Kier alpha value is -7.30. The van der Waals surface area contributed by atoms with Crippen LogP contribution in [0.2, 0.25) is 0 Å². The predicted molar refractivity (Wildman–Crippen MR) is 273 cm³/mol. The second-order valence-corrected chi connectivity index (χ2v) is 16.2. The van der Waals surface area contributed by atoms with Crippen LogP contribution in [0.15, 0.2) is 248 Å². The van der Waals surface area contributed by atoms with Gasteiger partial charge in [0.1, 0.15) is 0 Å². The molecule has 4 heteroatoms. The van der Waals surface area contributed by atoms with E-state index in [9.17, 15) is 0 Å². The molecule has 63 heavy (non-hydrogen) atoms. The van der Waals surface area contributed by atoms with Crippen molar-refractivity contribution in [2.24, 2.45) is 5.92 Å². The Kier molecular flexibility index (Phi) is 15.6. The minimum atomic E-state index is 0.223. The molecule has 6 aromatic carbocycles. The Labute approximate surface area is 376 Å². The van der Waals surface area contributed by atoms with Crippen LogP contribution in [0.25, 0.3) is 0 Å². The van der Waals surface area contributed by atoms with Gasteiger partial charge >= 0.3 is 0 Å². The lowest BCUT2D eigenvalue weighted by Gasteiger charge is -2.30. The highest BCUT2D eigenvalue weighted by Gasteiger charge is 2.19. The third-order valence-electron chi connectivity index (χ3n) is 10.9. The van der Waals surface area contributed by atoms with Crippen LogP contribution in [0.5, 0.6) is 0 Å². The third-order valence-corrected chi connectivity index (χ3v) is 10.9. The maximum Gasteiger partial charge on any atom is 0.0483 e. The fraction of sp³-hybridized carbons (Fsp3) is 0.153. The van der Waals surface area contributed by atoms with Crippen LogP contribution in [-0.4, -0.2) is 6.04 Å². The molecule has 0 radical (unpaired) electrons. The van der Waals surface area contributed by atoms with Gasteiger partial charge in [0, 0.05) is 57.2 Å². The van der Waals surface area contributed by atoms with Crippen LogP contribution in [0.1, 0.15) is 44.2 Å². The molecule has 0 fully saturated rings. The first-order valence-corrected chi connectivity index (χ1v) is 22.2. The Balaban J connectivity index is 0.000000230. The summed E-state index contributed by atoms with van der Waals surface area (Å²) in [6, 6.07) is 57.4. The first-order chi connectivity index (χ1) is 30.9. The van der Waals surface area contributed by atoms with E-state index in [-0.39, 0.29) is 6.04 Å². The van der Waals surface area contributed by atoms with Gasteiger partial charge in [-0.3, -0.25) is 0 Å². The number of nitrogens with zero attached hydrogens (tertiary/aromatic N) is 2. The molecule has 0 aliphatic heterocycles. The van der Waals surface area contributed by atoms with Gasteiger partial charge in [0.05, 0.1) is 0 Å². The van der Waals surface area contributed by atoms with E-state index in [1.54, 1.807) is 0 Å². The monoisotopic (exact) mass is 824 g/mol. The van der Waals surface area contributed by atoms with Crippen molar-refractivity contribution in [1.82, 2.24) is 0 Å². The van der Waals surface area contributed by atoms with Crippen LogP contribution in [0.4, 0.5) is 39.8 Å². The van der Waals surface area contributed by atoms with E-state index in [2.05, 4.69) is 261 Å². The van der Waals surface area contributed by atoms with Crippen molar-refractivity contribution in [3.8, 4) is 0 Å². The molecule has 9 rings (SSSR count). The summed E-state index contributed by atoms with van der Waals surface area (Å²) in [6.45, 7) is 8.62. The summed E-state index contributed by atoms with van der Waals surface area (Å²) in [5.41, 5.74) is 14.1. The van der Waals surface area contributed by atoms with Gasteiger partial charge < -0.3 is 20.4 Å². The minimum absolute atomic E-state index is 0.223. The normalized spacial score (nSPS) is 16.1. The van der Waals surface area contributed by atoms with Gasteiger partial charge in [-0.2, -0.15) is 0 Å². The summed E-state index contributed by atoms with van der Waals surface area (Å²) in [6.07, 6.45) is 27.5. The Morgan fingerprint density at radius 2 is 1.10 bits per heavy atom. The minimum Gasteiger partial charge on any atom is -0.379 e. The summed E-state index contributed by atoms with van der Waals surface area (Å²) in [4.78, 5) is 4.67. The van der Waals surface area contributed by atoms with Gasteiger partial charge in [0.15, 0.2) is 0 Å². The Morgan fingerprint density at radius 3 is 1.70 bits per heavy atom. The molecule has 0 saturated heterocycles. The topological polar surface area (TPSA) is 30.5 Å². The number of nitrogens with one attached hydrogen (secondary N) is 2. The van der Waals surface area contributed by atoms with Gasteiger partial charge in [-0.1, -0.05) is 140 Å². The smallest absolute Gasteiger partial charge is 0.0483 e. The first-order valence-electron chi connectivity index (χ1n) is 22.2. The highest BCUT2D eigenvalue weighted by atomic mass is 15.2. The van der Waals surface area contributed by atoms with E-state index in [4.69, 9.17) is 0 Å². The lowest BCUT2D eigenvalue weighted by molar-refractivity contribution is 0.737. The average molecular weight is 825 g/mol. The second kappa shape index (κ2) is 22.5. The summed E-state index contributed by atoms with van der Waals surface area (Å²) < 4.78 is 0. The number of hydrogen-bond donors (Lipinski definition) is 2. The highest BCUT2D eigenvalue weighted by Crippen LogP contribution is 2.36. The molecule has 0 saturated carbocycles. The van der Waals surface area contributed by atoms with Crippen LogP contribution >= 0.6 is 0 Å². The zero-order chi connectivity index (χ0) is 43.6. The molecule has 0 heterocycles. The van der Waals surface area contributed by atoms with Crippen molar-refractivity contribution in [3.63, 3.8) is 0 Å². The lowest BCUT2D eigenvalue weighted by Crippen LogP contribution is -2.25. The van der Waals surface area contributed by atoms with Gasteiger partial charge in [0.2, 0.25) is 0 Å². The predicted octanol–water partition coefficient (Wildman–Crippen LogP) is 16.3. The fourth-order valence-electron chi connectivity index (χ4n) is 7.67. The van der Waals surface area contributed by atoms with E-state index in [0.717, 1.165) is 52.9 Å². The van der Waals surface area contributed by atoms with Gasteiger partial charge in [0.25, 0.3) is 0 Å². The van der Waals surface area contributed by atoms with Crippen LogP contribution in [0.3, 0.4) is 0 Å². The van der Waals surface area contributed by atoms with Crippen molar-refractivity contribution in [2.75, 3.05) is 20.4 Å². The second-order valence-electron chi connectivity index (χ2n) is 16.2. The Morgan fingerprint density at radius 1 is 0.476 bits per heavy atom. The molecule has 6 aromatic rings. The fourth-order valence-corrected chi connectivity index (χ4v) is 7.67. The number of rotatable bonds is 10. The number of allylic oxidation sites excluding steroid dienone is 10. The molecular formula is C59H60N4. The van der Waals surface area contributed by atoms with E-state index < -0.39 is 0 Å². The maximum absolute atomic E-state index is 3.73. The molecule has 3 aliphatic rings. The molecule has 0 spiro atoms. The van der Waals surface area contributed by atoms with Crippen molar-refractivity contribution in [3.05, 3.63) is 259 Å². The third kappa shape index (κ3) is 13.1. The summed E-state index contributed by atoms with van der Waals surface area (Å²) in [5, 5.41) is 7.07. The zero-order valence-electron chi connectivity index (χ0n) is 37.1. The van der Waals surface area contributed by atoms with E-state index in [1.165, 1.54) is 40.2 Å². The zero-order valence-corrected chi connectivity index (χ0v) is 37.1. The molecule has 0 aromatic heterocycles. The SMILES string of the molecule is CC1=CC(N(C2=CCC(Nc3ccc(N(c4ccccc4)c4cccc(C)c4)cc3)C=C2)c2ccccc2)=CCC=C1.CC1C=CC=CC1.Cc1cccc(Nc2ccccc2)c1. The molecular weight excluding hydrogens is 765 g/mol. The standard InChI is InChI=1S/C39H37N3.C13H13N.C7H10/c1-30-12-9-10-18-38(28-30)41(34-14-5-3-6-15-34)36-24-20-32(21-25-36)40-33-22-26-37(27-23-33)42(35-16-7-4-8-17-35)39-19-11-13-31(2)29-39;1-11-6-5-9-13(10-11)14-12-7-3-2-4-8-12;1-7-5-3-2-4-6-7/h3-9,11-20,22-29,32,40H,10,21H2,1-2H3;2-10,14H,1H3;2-5,7H,6H2,1H3. The molecule has 316 valence electrons. The van der Waals surface area contributed by atoms with Crippen LogP contribution < -0.4 is 20.4 Å². The van der Waals surface area contributed by atoms with E-state index >= 15 is 0 Å². The molecule has 0 bridgehead atoms. The average Bonchev–Trinajstić information content (AvgIpc) is 3.53. The summed E-state index contributed by atoms with van der Waals surface area (Å²) in [5.74, 6) is 0.769. The highest BCUT2D eigenvalue weighted by molar-refractivity contribution is 5.77. The quantitative estimate of drug-likeness (QED) is 0.144. The molecule has 3 aliphatic carbocycles. The van der Waals surface area contributed by atoms with Gasteiger partial charge in [-0.15, -0.1) is 0 Å². The van der Waals surface area contributed by atoms with Crippen LogP contribution in [-0.2, 0) is 0 Å². The lowest BCUT2D eigenvalue weighted by atomic mass is 10.0. The summed E-state index contributed by atoms with van der Waals surface area (Å²) >= 11 is 0. The van der Waals surface area contributed by atoms with Crippen molar-refractivity contribution in [1.29, 1.82) is 0 Å². The number of anilines is 7. The number of hydrogen-bond acceptors (Lipinski definition) is 4. The first kappa shape index (κ1) is 43.8. The largest absolute Gasteiger partial charge is 0.379 e. The van der Waals surface area contributed by atoms with Crippen molar-refractivity contribution >= 4 is 39.8 Å². The molecule has 2 N–H and O–H groups in total. The molecule has 0 amide bonds. The van der Waals surface area contributed by atoms with Crippen LogP contribution in [0, 0.1) is 19.8 Å².